The first kappa shape index (κ1) is 18.5. The average molecular weight is 325 g/mol. The monoisotopic (exact) mass is 325 g/mol. The van der Waals surface area contributed by atoms with Crippen molar-refractivity contribution in [2.75, 3.05) is 39.4 Å². The average Bonchev–Trinajstić information content (AvgIpc) is 2.61. The van der Waals surface area contributed by atoms with E-state index in [1.54, 1.807) is 0 Å². The van der Waals surface area contributed by atoms with E-state index in [1.807, 2.05) is 0 Å². The van der Waals surface area contributed by atoms with E-state index in [1.165, 1.54) is 19.3 Å². The number of guanidine groups is 1. The van der Waals surface area contributed by atoms with Crippen LogP contribution < -0.4 is 5.32 Å². The molecule has 2 aliphatic rings. The minimum Gasteiger partial charge on any atom is -0.376 e. The highest BCUT2D eigenvalue weighted by molar-refractivity contribution is 5.80. The summed E-state index contributed by atoms with van der Waals surface area (Å²) in [5.74, 6) is 1.08. The van der Waals surface area contributed by atoms with Crippen LogP contribution in [0.3, 0.4) is 0 Å². The van der Waals surface area contributed by atoms with Crippen molar-refractivity contribution < 1.29 is 9.47 Å². The minimum atomic E-state index is 0.328. The number of unbranched alkanes of at least 4 members (excludes halogenated alkanes) is 1. The second kappa shape index (κ2) is 10.9. The fourth-order valence-corrected chi connectivity index (χ4v) is 3.19. The lowest BCUT2D eigenvalue weighted by molar-refractivity contribution is -0.0721. The molecule has 2 aliphatic heterocycles. The molecule has 1 atom stereocenters. The summed E-state index contributed by atoms with van der Waals surface area (Å²) in [5.41, 5.74) is 0. The fourth-order valence-electron chi connectivity index (χ4n) is 3.19. The molecule has 5 nitrogen and oxygen atoms in total. The van der Waals surface area contributed by atoms with Gasteiger partial charge in [-0.25, -0.2) is 0 Å². The van der Waals surface area contributed by atoms with Gasteiger partial charge in [0.2, 0.25) is 0 Å². The van der Waals surface area contributed by atoms with Gasteiger partial charge in [0, 0.05) is 32.8 Å². The molecule has 134 valence electrons. The molecule has 0 saturated carbocycles. The standard InChI is InChI=1S/C18H35N3O2/c1-3-5-11-20-18(19-4-2)21-12-9-16(10-13-21)23-15-17-8-6-7-14-22-17/h16-17H,3-15H2,1-2H3,(H,19,20). The second-order valence-corrected chi connectivity index (χ2v) is 6.60. The Morgan fingerprint density at radius 1 is 1.22 bits per heavy atom. The first-order valence-corrected chi connectivity index (χ1v) is 9.60. The largest absolute Gasteiger partial charge is 0.376 e. The van der Waals surface area contributed by atoms with Crippen molar-refractivity contribution in [1.29, 1.82) is 0 Å². The molecule has 2 fully saturated rings. The maximum Gasteiger partial charge on any atom is 0.193 e. The summed E-state index contributed by atoms with van der Waals surface area (Å²) in [6.07, 6.45) is 8.90. The molecular weight excluding hydrogens is 290 g/mol. The molecule has 0 spiro atoms. The Morgan fingerprint density at radius 2 is 2.04 bits per heavy atom. The Balaban J connectivity index is 1.69. The third kappa shape index (κ3) is 6.68. The molecule has 2 heterocycles. The molecule has 0 aliphatic carbocycles. The molecule has 1 N–H and O–H groups in total. The molecule has 23 heavy (non-hydrogen) atoms. The van der Waals surface area contributed by atoms with E-state index in [4.69, 9.17) is 14.5 Å². The van der Waals surface area contributed by atoms with Gasteiger partial charge in [-0.15, -0.1) is 0 Å². The second-order valence-electron chi connectivity index (χ2n) is 6.60. The Hall–Kier alpha value is -0.810. The number of piperidine rings is 1. The van der Waals surface area contributed by atoms with Crippen molar-refractivity contribution in [3.8, 4) is 0 Å². The van der Waals surface area contributed by atoms with Gasteiger partial charge in [-0.3, -0.25) is 4.99 Å². The summed E-state index contributed by atoms with van der Waals surface area (Å²) in [7, 11) is 0. The van der Waals surface area contributed by atoms with Crippen molar-refractivity contribution in [2.45, 2.75) is 71.0 Å². The van der Waals surface area contributed by atoms with Crippen LogP contribution in [0.25, 0.3) is 0 Å². The van der Waals surface area contributed by atoms with Gasteiger partial charge in [0.1, 0.15) is 0 Å². The third-order valence-corrected chi connectivity index (χ3v) is 4.64. The molecule has 0 amide bonds. The van der Waals surface area contributed by atoms with Crippen LogP contribution in [0, 0.1) is 0 Å². The normalized spacial score (nSPS) is 24.0. The molecular formula is C18H35N3O2. The van der Waals surface area contributed by atoms with E-state index < -0.39 is 0 Å². The SMILES string of the molecule is CCCCN=C(NCC)N1CCC(OCC2CCCCO2)CC1. The van der Waals surface area contributed by atoms with E-state index in [0.717, 1.165) is 71.0 Å². The molecule has 5 heteroatoms. The van der Waals surface area contributed by atoms with Gasteiger partial charge in [-0.05, 0) is 45.4 Å². The Kier molecular flexibility index (Phi) is 8.76. The molecule has 0 radical (unpaired) electrons. The number of aliphatic imine (C=N–C) groups is 1. The number of ether oxygens (including phenoxy) is 2. The number of likely N-dealkylation sites (tertiary alicyclic amines) is 1. The third-order valence-electron chi connectivity index (χ3n) is 4.64. The van der Waals surface area contributed by atoms with Crippen molar-refractivity contribution >= 4 is 5.96 Å². The van der Waals surface area contributed by atoms with Crippen LogP contribution in [0.15, 0.2) is 4.99 Å². The van der Waals surface area contributed by atoms with Crippen LogP contribution >= 0.6 is 0 Å². The van der Waals surface area contributed by atoms with Gasteiger partial charge < -0.3 is 19.7 Å². The lowest BCUT2D eigenvalue weighted by atomic mass is 10.1. The Morgan fingerprint density at radius 3 is 2.70 bits per heavy atom. The van der Waals surface area contributed by atoms with Crippen molar-refractivity contribution in [3.05, 3.63) is 0 Å². The van der Waals surface area contributed by atoms with E-state index in [-0.39, 0.29) is 0 Å². The topological polar surface area (TPSA) is 46.1 Å². The first-order chi connectivity index (χ1) is 11.3. The van der Waals surface area contributed by atoms with Gasteiger partial charge in [0.15, 0.2) is 5.96 Å². The lowest BCUT2D eigenvalue weighted by Gasteiger charge is -2.35. The summed E-state index contributed by atoms with van der Waals surface area (Å²) < 4.78 is 11.8. The molecule has 1 unspecified atom stereocenters. The van der Waals surface area contributed by atoms with E-state index in [9.17, 15) is 0 Å². The summed E-state index contributed by atoms with van der Waals surface area (Å²) >= 11 is 0. The molecule has 0 aromatic heterocycles. The van der Waals surface area contributed by atoms with Crippen LogP contribution in [0.1, 0.15) is 58.8 Å². The van der Waals surface area contributed by atoms with Gasteiger partial charge in [0.05, 0.1) is 18.8 Å². The molecule has 0 aromatic carbocycles. The van der Waals surface area contributed by atoms with Crippen LogP contribution in [0.5, 0.6) is 0 Å². The zero-order valence-electron chi connectivity index (χ0n) is 15.1. The highest BCUT2D eigenvalue weighted by atomic mass is 16.5. The smallest absolute Gasteiger partial charge is 0.193 e. The predicted octanol–water partition coefficient (Wildman–Crippen LogP) is 2.80. The first-order valence-electron chi connectivity index (χ1n) is 9.60. The highest BCUT2D eigenvalue weighted by Gasteiger charge is 2.23. The Bertz CT molecular complexity index is 335. The molecule has 2 saturated heterocycles. The maximum atomic E-state index is 6.10. The van der Waals surface area contributed by atoms with E-state index >= 15 is 0 Å². The molecule has 2 rings (SSSR count). The summed E-state index contributed by atoms with van der Waals surface area (Å²) in [5, 5.41) is 3.42. The maximum absolute atomic E-state index is 6.10. The van der Waals surface area contributed by atoms with Crippen LogP contribution in [-0.4, -0.2) is 62.5 Å². The number of hydrogen-bond acceptors (Lipinski definition) is 3. The van der Waals surface area contributed by atoms with E-state index in [2.05, 4.69) is 24.1 Å². The Labute approximate surface area is 141 Å². The quantitative estimate of drug-likeness (QED) is 0.444. The van der Waals surface area contributed by atoms with Gasteiger partial charge in [-0.2, -0.15) is 0 Å². The number of rotatable bonds is 7. The van der Waals surface area contributed by atoms with Crippen LogP contribution in [-0.2, 0) is 9.47 Å². The summed E-state index contributed by atoms with van der Waals surface area (Å²) in [4.78, 5) is 7.13. The van der Waals surface area contributed by atoms with Gasteiger partial charge in [-0.1, -0.05) is 13.3 Å². The zero-order valence-corrected chi connectivity index (χ0v) is 15.1. The van der Waals surface area contributed by atoms with Crippen molar-refractivity contribution in [1.82, 2.24) is 10.2 Å². The van der Waals surface area contributed by atoms with Crippen LogP contribution in [0.2, 0.25) is 0 Å². The van der Waals surface area contributed by atoms with Crippen molar-refractivity contribution in [2.24, 2.45) is 4.99 Å². The molecule has 0 bridgehead atoms. The fraction of sp³-hybridized carbons (Fsp3) is 0.944. The van der Waals surface area contributed by atoms with Gasteiger partial charge in [0.25, 0.3) is 0 Å². The minimum absolute atomic E-state index is 0.328. The summed E-state index contributed by atoms with van der Waals surface area (Å²) in [6, 6.07) is 0. The predicted molar refractivity (Wildman–Crippen MR) is 95.0 cm³/mol. The summed E-state index contributed by atoms with van der Waals surface area (Å²) in [6.45, 7) is 9.95. The van der Waals surface area contributed by atoms with E-state index in [0.29, 0.717) is 12.2 Å². The van der Waals surface area contributed by atoms with Gasteiger partial charge >= 0.3 is 0 Å². The number of nitrogens with zero attached hydrogens (tertiary/aromatic N) is 2. The zero-order chi connectivity index (χ0) is 16.3. The highest BCUT2D eigenvalue weighted by Crippen LogP contribution is 2.18. The molecule has 0 aromatic rings. The van der Waals surface area contributed by atoms with Crippen LogP contribution in [0.4, 0.5) is 0 Å². The number of hydrogen-bond donors (Lipinski definition) is 1. The lowest BCUT2D eigenvalue weighted by Crippen LogP contribution is -2.47. The number of nitrogens with one attached hydrogen (secondary N) is 1. The van der Waals surface area contributed by atoms with Crippen molar-refractivity contribution in [3.63, 3.8) is 0 Å².